The molecule has 108 valence electrons. The van der Waals surface area contributed by atoms with Crippen LogP contribution in [0.4, 0.5) is 11.4 Å². The number of hydrogen-bond acceptors (Lipinski definition) is 5. The minimum atomic E-state index is -0.210. The van der Waals surface area contributed by atoms with E-state index in [9.17, 15) is 4.79 Å². The zero-order valence-electron chi connectivity index (χ0n) is 11.6. The number of benzene rings is 1. The molecule has 1 amide bonds. The Bertz CT molecular complexity index is 673. The topological polar surface area (TPSA) is 72.5 Å². The second-order valence-corrected chi connectivity index (χ2v) is 4.48. The molecule has 6 heteroatoms. The van der Waals surface area contributed by atoms with Crippen LogP contribution in [0.25, 0.3) is 0 Å². The molecule has 0 saturated carbocycles. The van der Waals surface area contributed by atoms with Crippen LogP contribution in [-0.2, 0) is 0 Å². The lowest BCUT2D eigenvalue weighted by Gasteiger charge is -2.19. The maximum absolute atomic E-state index is 12.3. The second kappa shape index (κ2) is 5.70. The summed E-state index contributed by atoms with van der Waals surface area (Å²) in [5, 5.41) is 5.78. The Labute approximate surface area is 122 Å². The average molecular weight is 285 g/mol. The molecule has 0 radical (unpaired) electrons. The van der Waals surface area contributed by atoms with Crippen molar-refractivity contribution in [1.29, 1.82) is 0 Å². The molecule has 1 aliphatic rings. The number of hydrogen-bond donors (Lipinski definition) is 2. The van der Waals surface area contributed by atoms with Gasteiger partial charge in [0.25, 0.3) is 5.91 Å². The van der Waals surface area contributed by atoms with Crippen molar-refractivity contribution >= 4 is 17.3 Å². The molecule has 3 rings (SSSR count). The van der Waals surface area contributed by atoms with Gasteiger partial charge in [0.1, 0.15) is 13.2 Å². The van der Waals surface area contributed by atoms with Gasteiger partial charge in [0.05, 0.1) is 17.4 Å². The first-order chi connectivity index (χ1) is 10.3. The molecule has 2 heterocycles. The van der Waals surface area contributed by atoms with Crippen molar-refractivity contribution in [3.05, 3.63) is 42.2 Å². The van der Waals surface area contributed by atoms with Crippen LogP contribution < -0.4 is 20.1 Å². The van der Waals surface area contributed by atoms with E-state index in [1.807, 2.05) is 0 Å². The summed E-state index contributed by atoms with van der Waals surface area (Å²) in [7, 11) is 1.75. The Morgan fingerprint density at radius 3 is 2.81 bits per heavy atom. The Morgan fingerprint density at radius 2 is 2.00 bits per heavy atom. The van der Waals surface area contributed by atoms with Gasteiger partial charge >= 0.3 is 0 Å². The summed E-state index contributed by atoms with van der Waals surface area (Å²) < 4.78 is 10.9. The smallest absolute Gasteiger partial charge is 0.257 e. The number of carbonyl (C=O) groups excluding carboxylic acids is 1. The first-order valence-corrected chi connectivity index (χ1v) is 6.60. The zero-order chi connectivity index (χ0) is 14.7. The fourth-order valence-corrected chi connectivity index (χ4v) is 2.11. The van der Waals surface area contributed by atoms with Crippen LogP contribution in [0.1, 0.15) is 10.4 Å². The lowest BCUT2D eigenvalue weighted by molar-refractivity contribution is 0.102. The van der Waals surface area contributed by atoms with Crippen LogP contribution >= 0.6 is 0 Å². The van der Waals surface area contributed by atoms with Gasteiger partial charge in [-0.05, 0) is 18.2 Å². The zero-order valence-corrected chi connectivity index (χ0v) is 11.6. The van der Waals surface area contributed by atoms with E-state index < -0.39 is 0 Å². The molecule has 0 aliphatic carbocycles. The second-order valence-electron chi connectivity index (χ2n) is 4.48. The lowest BCUT2D eigenvalue weighted by atomic mass is 10.2. The van der Waals surface area contributed by atoms with Crippen molar-refractivity contribution in [2.75, 3.05) is 30.9 Å². The summed E-state index contributed by atoms with van der Waals surface area (Å²) in [6.07, 6.45) is 3.19. The van der Waals surface area contributed by atoms with E-state index in [4.69, 9.17) is 9.47 Å². The Balaban J connectivity index is 1.81. The minimum absolute atomic E-state index is 0.210. The fourth-order valence-electron chi connectivity index (χ4n) is 2.11. The summed E-state index contributed by atoms with van der Waals surface area (Å²) in [6, 6.07) is 6.99. The minimum Gasteiger partial charge on any atom is -0.486 e. The average Bonchev–Trinajstić information content (AvgIpc) is 2.54. The van der Waals surface area contributed by atoms with Gasteiger partial charge in [0.15, 0.2) is 11.5 Å². The lowest BCUT2D eigenvalue weighted by Crippen LogP contribution is -2.17. The van der Waals surface area contributed by atoms with E-state index in [-0.39, 0.29) is 5.91 Å². The van der Waals surface area contributed by atoms with E-state index in [1.54, 1.807) is 43.7 Å². The Kier molecular flexibility index (Phi) is 3.59. The van der Waals surface area contributed by atoms with Gasteiger partial charge in [0.2, 0.25) is 0 Å². The molecule has 21 heavy (non-hydrogen) atoms. The molecule has 0 fully saturated rings. The first kappa shape index (κ1) is 13.2. The highest BCUT2D eigenvalue weighted by atomic mass is 16.6. The standard InChI is InChI=1S/C15H15N3O3/c1-16-12-9-17-5-4-11(12)15(19)18-10-2-3-13-14(8-10)21-7-6-20-13/h2-5,8-9,16H,6-7H2,1H3,(H,18,19). The number of fused-ring (bicyclic) bond motifs is 1. The van der Waals surface area contributed by atoms with Gasteiger partial charge in [-0.2, -0.15) is 0 Å². The Hall–Kier alpha value is -2.76. The van der Waals surface area contributed by atoms with Gasteiger partial charge in [0, 0.05) is 25.0 Å². The van der Waals surface area contributed by atoms with Crippen LogP contribution in [0, 0.1) is 0 Å². The van der Waals surface area contributed by atoms with Crippen molar-refractivity contribution in [2.45, 2.75) is 0 Å². The SMILES string of the molecule is CNc1cnccc1C(=O)Nc1ccc2c(c1)OCCO2. The summed E-state index contributed by atoms with van der Waals surface area (Å²) >= 11 is 0. The number of amides is 1. The van der Waals surface area contributed by atoms with Gasteiger partial charge < -0.3 is 20.1 Å². The molecule has 2 aromatic rings. The Morgan fingerprint density at radius 1 is 1.19 bits per heavy atom. The van der Waals surface area contributed by atoms with Crippen molar-refractivity contribution in [1.82, 2.24) is 4.98 Å². The third-order valence-electron chi connectivity index (χ3n) is 3.14. The van der Waals surface area contributed by atoms with Gasteiger partial charge in [-0.1, -0.05) is 0 Å². The van der Waals surface area contributed by atoms with Crippen LogP contribution in [0.5, 0.6) is 11.5 Å². The van der Waals surface area contributed by atoms with Gasteiger partial charge in [-0.3, -0.25) is 9.78 Å². The monoisotopic (exact) mass is 285 g/mol. The van der Waals surface area contributed by atoms with E-state index in [1.165, 1.54) is 0 Å². The molecule has 0 bridgehead atoms. The van der Waals surface area contributed by atoms with E-state index in [0.717, 1.165) is 0 Å². The van der Waals surface area contributed by atoms with Gasteiger partial charge in [-0.15, -0.1) is 0 Å². The molecule has 0 atom stereocenters. The third kappa shape index (κ3) is 2.74. The summed E-state index contributed by atoms with van der Waals surface area (Å²) in [5.41, 5.74) is 1.86. The van der Waals surface area contributed by atoms with Gasteiger partial charge in [-0.25, -0.2) is 0 Å². The fraction of sp³-hybridized carbons (Fsp3) is 0.200. The largest absolute Gasteiger partial charge is 0.486 e. The number of carbonyl (C=O) groups is 1. The van der Waals surface area contributed by atoms with E-state index in [2.05, 4.69) is 15.6 Å². The van der Waals surface area contributed by atoms with Crippen LogP contribution in [-0.4, -0.2) is 31.2 Å². The number of nitrogens with zero attached hydrogens (tertiary/aromatic N) is 1. The third-order valence-corrected chi connectivity index (χ3v) is 3.14. The van der Waals surface area contributed by atoms with Crippen LogP contribution in [0.15, 0.2) is 36.7 Å². The molecular weight excluding hydrogens is 270 g/mol. The number of pyridine rings is 1. The number of anilines is 2. The number of rotatable bonds is 3. The molecule has 1 aromatic carbocycles. The predicted octanol–water partition coefficient (Wildman–Crippen LogP) is 2.15. The molecular formula is C15H15N3O3. The van der Waals surface area contributed by atoms with E-state index >= 15 is 0 Å². The van der Waals surface area contributed by atoms with Crippen LogP contribution in [0.2, 0.25) is 0 Å². The molecule has 6 nitrogen and oxygen atoms in total. The summed E-state index contributed by atoms with van der Waals surface area (Å²) in [5.74, 6) is 1.13. The molecule has 1 aromatic heterocycles. The maximum atomic E-state index is 12.3. The molecule has 2 N–H and O–H groups in total. The first-order valence-electron chi connectivity index (χ1n) is 6.60. The van der Waals surface area contributed by atoms with Crippen molar-refractivity contribution < 1.29 is 14.3 Å². The quantitative estimate of drug-likeness (QED) is 0.904. The summed E-state index contributed by atoms with van der Waals surface area (Å²) in [6.45, 7) is 1.06. The predicted molar refractivity (Wildman–Crippen MR) is 79.2 cm³/mol. The molecule has 0 saturated heterocycles. The molecule has 0 unspecified atom stereocenters. The van der Waals surface area contributed by atoms with Crippen molar-refractivity contribution in [3.8, 4) is 11.5 Å². The highest BCUT2D eigenvalue weighted by Crippen LogP contribution is 2.32. The number of nitrogens with one attached hydrogen (secondary N) is 2. The highest BCUT2D eigenvalue weighted by molar-refractivity contribution is 6.08. The maximum Gasteiger partial charge on any atom is 0.257 e. The molecule has 0 spiro atoms. The van der Waals surface area contributed by atoms with Crippen molar-refractivity contribution in [2.24, 2.45) is 0 Å². The summed E-state index contributed by atoms with van der Waals surface area (Å²) in [4.78, 5) is 16.3. The normalized spacial score (nSPS) is 12.6. The highest BCUT2D eigenvalue weighted by Gasteiger charge is 2.14. The van der Waals surface area contributed by atoms with Crippen molar-refractivity contribution in [3.63, 3.8) is 0 Å². The van der Waals surface area contributed by atoms with Crippen LogP contribution in [0.3, 0.4) is 0 Å². The van der Waals surface area contributed by atoms with E-state index in [0.29, 0.717) is 41.7 Å². The molecule has 1 aliphatic heterocycles. The number of ether oxygens (including phenoxy) is 2. The number of aromatic nitrogens is 1.